The Morgan fingerprint density at radius 3 is 2.33 bits per heavy atom. The maximum Gasteiger partial charge on any atom is 0.251 e. The summed E-state index contributed by atoms with van der Waals surface area (Å²) in [4.78, 5) is 17.8. The smallest absolute Gasteiger partial charge is 0.251 e. The molecular formula is C25H34N4O3S. The van der Waals surface area contributed by atoms with Gasteiger partial charge in [-0.25, -0.2) is 8.42 Å². The molecule has 0 unspecified atom stereocenters. The highest BCUT2D eigenvalue weighted by Crippen LogP contribution is 2.21. The number of nitrogens with one attached hydrogen (secondary N) is 1. The number of hydrogen-bond donors (Lipinski definition) is 1. The van der Waals surface area contributed by atoms with E-state index in [2.05, 4.69) is 34.3 Å². The third kappa shape index (κ3) is 6.20. The lowest BCUT2D eigenvalue weighted by Gasteiger charge is -2.32. The van der Waals surface area contributed by atoms with Crippen LogP contribution in [0.15, 0.2) is 53.4 Å². The van der Waals surface area contributed by atoms with Gasteiger partial charge in [-0.2, -0.15) is 4.31 Å². The number of sulfonamides is 1. The minimum Gasteiger partial charge on any atom is -0.348 e. The number of nitrogens with zero attached hydrogens (tertiary/aromatic N) is 3. The van der Waals surface area contributed by atoms with E-state index in [-0.39, 0.29) is 10.8 Å². The van der Waals surface area contributed by atoms with Gasteiger partial charge in [0.1, 0.15) is 0 Å². The maximum absolute atomic E-state index is 12.9. The fraction of sp³-hybridized carbons (Fsp3) is 0.480. The number of benzene rings is 2. The van der Waals surface area contributed by atoms with Crippen molar-refractivity contribution in [3.63, 3.8) is 0 Å². The summed E-state index contributed by atoms with van der Waals surface area (Å²) in [6.07, 6.45) is 2.82. The molecule has 0 bridgehead atoms. The SMILES string of the molecule is CN1CCN(Cc2cccc(CNC(=O)c3cccc(S(=O)(=O)N4CCCCC4)c3)c2)CC1. The van der Waals surface area contributed by atoms with Crippen LogP contribution in [0.1, 0.15) is 40.7 Å². The lowest BCUT2D eigenvalue weighted by molar-refractivity contribution is 0.0950. The van der Waals surface area contributed by atoms with E-state index in [4.69, 9.17) is 0 Å². The molecule has 2 aromatic rings. The highest BCUT2D eigenvalue weighted by atomic mass is 32.2. The number of likely N-dealkylation sites (N-methyl/N-ethyl adjacent to an activating group) is 1. The summed E-state index contributed by atoms with van der Waals surface area (Å²) in [6, 6.07) is 14.7. The average Bonchev–Trinajstić information content (AvgIpc) is 2.85. The summed E-state index contributed by atoms with van der Waals surface area (Å²) in [6.45, 7) is 6.70. The topological polar surface area (TPSA) is 73.0 Å². The van der Waals surface area contributed by atoms with Crippen LogP contribution in [0.4, 0.5) is 0 Å². The second kappa shape index (κ2) is 10.8. The third-order valence-electron chi connectivity index (χ3n) is 6.50. The Kier molecular flexibility index (Phi) is 7.80. The van der Waals surface area contributed by atoms with Crippen LogP contribution in [0.25, 0.3) is 0 Å². The summed E-state index contributed by atoms with van der Waals surface area (Å²) < 4.78 is 27.4. The van der Waals surface area contributed by atoms with Crippen molar-refractivity contribution in [1.82, 2.24) is 19.4 Å². The molecule has 0 aliphatic carbocycles. The molecule has 178 valence electrons. The molecule has 0 spiro atoms. The molecule has 2 aliphatic rings. The molecule has 1 amide bonds. The first kappa shape index (κ1) is 23.9. The minimum absolute atomic E-state index is 0.186. The van der Waals surface area contributed by atoms with Gasteiger partial charge in [-0.15, -0.1) is 0 Å². The number of carbonyl (C=O) groups excluding carboxylic acids is 1. The Labute approximate surface area is 197 Å². The fourth-order valence-corrected chi connectivity index (χ4v) is 6.00. The van der Waals surface area contributed by atoms with Crippen molar-refractivity contribution in [2.24, 2.45) is 0 Å². The Morgan fingerprint density at radius 2 is 1.58 bits per heavy atom. The molecule has 2 fully saturated rings. The number of hydrogen-bond acceptors (Lipinski definition) is 5. The van der Waals surface area contributed by atoms with E-state index in [0.717, 1.165) is 57.5 Å². The zero-order chi connectivity index (χ0) is 23.3. The van der Waals surface area contributed by atoms with Crippen LogP contribution in [0.5, 0.6) is 0 Å². The number of rotatable bonds is 7. The quantitative estimate of drug-likeness (QED) is 0.673. The van der Waals surface area contributed by atoms with Crippen molar-refractivity contribution in [3.05, 3.63) is 65.2 Å². The Morgan fingerprint density at radius 1 is 0.879 bits per heavy atom. The van der Waals surface area contributed by atoms with Crippen LogP contribution in [-0.4, -0.2) is 74.7 Å². The highest BCUT2D eigenvalue weighted by molar-refractivity contribution is 7.89. The van der Waals surface area contributed by atoms with Crippen molar-refractivity contribution in [2.45, 2.75) is 37.2 Å². The normalized spacial score (nSPS) is 18.8. The van der Waals surface area contributed by atoms with Crippen LogP contribution in [0.2, 0.25) is 0 Å². The van der Waals surface area contributed by atoms with Crippen LogP contribution < -0.4 is 5.32 Å². The van der Waals surface area contributed by atoms with Gasteiger partial charge in [-0.1, -0.05) is 36.8 Å². The summed E-state index contributed by atoms with van der Waals surface area (Å²) in [7, 11) is -1.41. The van der Waals surface area contributed by atoms with Gasteiger partial charge in [-0.3, -0.25) is 9.69 Å². The van der Waals surface area contributed by atoms with Gasteiger partial charge < -0.3 is 10.2 Å². The molecule has 8 heteroatoms. The van der Waals surface area contributed by atoms with E-state index in [1.165, 1.54) is 15.9 Å². The summed E-state index contributed by atoms with van der Waals surface area (Å²) in [5.41, 5.74) is 2.63. The molecule has 2 aliphatic heterocycles. The molecule has 0 atom stereocenters. The molecule has 2 aromatic carbocycles. The van der Waals surface area contributed by atoms with E-state index >= 15 is 0 Å². The zero-order valence-electron chi connectivity index (χ0n) is 19.4. The molecular weight excluding hydrogens is 436 g/mol. The first-order valence-electron chi connectivity index (χ1n) is 11.8. The Hall–Kier alpha value is -2.26. The monoisotopic (exact) mass is 470 g/mol. The number of piperidine rings is 1. The number of carbonyl (C=O) groups is 1. The lowest BCUT2D eigenvalue weighted by Crippen LogP contribution is -2.43. The molecule has 0 saturated carbocycles. The van der Waals surface area contributed by atoms with E-state index < -0.39 is 10.0 Å². The van der Waals surface area contributed by atoms with Crippen molar-refractivity contribution >= 4 is 15.9 Å². The average molecular weight is 471 g/mol. The first-order valence-corrected chi connectivity index (χ1v) is 13.2. The van der Waals surface area contributed by atoms with Crippen molar-refractivity contribution in [2.75, 3.05) is 46.3 Å². The molecule has 7 nitrogen and oxygen atoms in total. The second-order valence-electron chi connectivity index (χ2n) is 9.07. The predicted octanol–water partition coefficient (Wildman–Crippen LogP) is 2.54. The molecule has 0 aromatic heterocycles. The van der Waals surface area contributed by atoms with Crippen molar-refractivity contribution in [1.29, 1.82) is 0 Å². The van der Waals surface area contributed by atoms with E-state index in [9.17, 15) is 13.2 Å². The number of piperazine rings is 1. The van der Waals surface area contributed by atoms with Crippen molar-refractivity contribution in [3.8, 4) is 0 Å². The zero-order valence-corrected chi connectivity index (χ0v) is 20.2. The molecule has 2 saturated heterocycles. The summed E-state index contributed by atoms with van der Waals surface area (Å²) >= 11 is 0. The van der Waals surface area contributed by atoms with Crippen molar-refractivity contribution < 1.29 is 13.2 Å². The van der Waals surface area contributed by atoms with Gasteiger partial charge in [0, 0.05) is 57.9 Å². The van der Waals surface area contributed by atoms with E-state index in [1.807, 2.05) is 12.1 Å². The maximum atomic E-state index is 12.9. The second-order valence-corrected chi connectivity index (χ2v) is 11.0. The molecule has 33 heavy (non-hydrogen) atoms. The predicted molar refractivity (Wildman–Crippen MR) is 129 cm³/mol. The van der Waals surface area contributed by atoms with Gasteiger partial charge in [0.15, 0.2) is 0 Å². The molecule has 1 N–H and O–H groups in total. The summed E-state index contributed by atoms with van der Waals surface area (Å²) in [5, 5.41) is 2.94. The molecule has 4 rings (SSSR count). The standard InChI is InChI=1S/C25H34N4O3S/c1-27-13-15-28(16-14-27)20-22-8-5-7-21(17-22)19-26-25(30)23-9-6-10-24(18-23)33(31,32)29-11-3-2-4-12-29/h5-10,17-18H,2-4,11-16,19-20H2,1H3,(H,26,30). The lowest BCUT2D eigenvalue weighted by atomic mass is 10.1. The van der Waals surface area contributed by atoms with Gasteiger partial charge in [0.05, 0.1) is 4.90 Å². The Balaban J connectivity index is 1.37. The van der Waals surface area contributed by atoms with Crippen LogP contribution in [0, 0.1) is 0 Å². The first-order chi connectivity index (χ1) is 15.9. The molecule has 2 heterocycles. The summed E-state index contributed by atoms with van der Waals surface area (Å²) in [5.74, 6) is -0.268. The number of amides is 1. The van der Waals surface area contributed by atoms with Crippen LogP contribution in [-0.2, 0) is 23.1 Å². The van der Waals surface area contributed by atoms with Crippen LogP contribution >= 0.6 is 0 Å². The van der Waals surface area contributed by atoms with Gasteiger partial charge in [-0.05, 0) is 49.2 Å². The minimum atomic E-state index is -3.56. The highest BCUT2D eigenvalue weighted by Gasteiger charge is 2.26. The van der Waals surface area contributed by atoms with Gasteiger partial charge in [0.2, 0.25) is 10.0 Å². The van der Waals surface area contributed by atoms with E-state index in [1.54, 1.807) is 18.2 Å². The molecule has 0 radical (unpaired) electrons. The largest absolute Gasteiger partial charge is 0.348 e. The van der Waals surface area contributed by atoms with Gasteiger partial charge >= 0.3 is 0 Å². The van der Waals surface area contributed by atoms with Crippen LogP contribution in [0.3, 0.4) is 0 Å². The third-order valence-corrected chi connectivity index (χ3v) is 8.39. The van der Waals surface area contributed by atoms with E-state index in [0.29, 0.717) is 25.2 Å². The van der Waals surface area contributed by atoms with Gasteiger partial charge in [0.25, 0.3) is 5.91 Å². The Bertz CT molecular complexity index is 1060. The fourth-order valence-electron chi connectivity index (χ4n) is 4.44.